The zero-order valence-corrected chi connectivity index (χ0v) is 10.3. The Bertz CT molecular complexity index is 734. The lowest BCUT2D eigenvalue weighted by Crippen LogP contribution is -1.84. The highest BCUT2D eigenvalue weighted by atomic mass is 16.3. The fourth-order valence-electron chi connectivity index (χ4n) is 2.31. The van der Waals surface area contributed by atoms with E-state index < -0.39 is 0 Å². The monoisotopic (exact) mass is 239 g/mol. The van der Waals surface area contributed by atoms with Gasteiger partial charge in [-0.2, -0.15) is 0 Å². The van der Waals surface area contributed by atoms with Gasteiger partial charge in [0.05, 0.1) is 0 Å². The van der Waals surface area contributed by atoms with Crippen LogP contribution in [0.15, 0.2) is 40.9 Å². The highest BCUT2D eigenvalue weighted by Crippen LogP contribution is 2.27. The second-order valence-corrected chi connectivity index (χ2v) is 4.47. The van der Waals surface area contributed by atoms with Gasteiger partial charge in [0.2, 0.25) is 0 Å². The molecule has 3 aromatic rings. The second kappa shape index (κ2) is 3.88. The maximum Gasteiger partial charge on any atom is 0.185 e. The molecule has 0 N–H and O–H groups in total. The fraction of sp³-hybridized carbons (Fsp3) is 0.133. The van der Waals surface area contributed by atoms with Crippen molar-refractivity contribution in [3.05, 3.63) is 47.9 Å². The molecule has 0 bridgehead atoms. The molecule has 0 fully saturated rings. The highest BCUT2D eigenvalue weighted by molar-refractivity contribution is 5.87. The number of carbonyl (C=O) groups is 1. The van der Waals surface area contributed by atoms with E-state index in [9.17, 15) is 4.79 Å². The molecule has 90 valence electrons. The number of carbonyl (C=O) groups excluding carboxylic acids is 1. The summed E-state index contributed by atoms with van der Waals surface area (Å²) in [6.07, 6.45) is 2.82. The van der Waals surface area contributed by atoms with Gasteiger partial charge >= 0.3 is 0 Å². The van der Waals surface area contributed by atoms with E-state index in [1.54, 1.807) is 6.07 Å². The van der Waals surface area contributed by atoms with Crippen LogP contribution in [0.1, 0.15) is 16.1 Å². The molecule has 2 aromatic heterocycles. The Balaban J connectivity index is 2.18. The molecule has 0 spiro atoms. The van der Waals surface area contributed by atoms with E-state index in [1.807, 2.05) is 19.2 Å². The number of nitrogens with zero attached hydrogens (tertiary/aromatic N) is 1. The van der Waals surface area contributed by atoms with Gasteiger partial charge < -0.3 is 8.98 Å². The van der Waals surface area contributed by atoms with Crippen LogP contribution in [0.2, 0.25) is 0 Å². The Labute approximate surface area is 105 Å². The summed E-state index contributed by atoms with van der Waals surface area (Å²) in [6, 6.07) is 9.69. The fourth-order valence-corrected chi connectivity index (χ4v) is 2.31. The molecule has 1 aromatic carbocycles. The first-order chi connectivity index (χ1) is 8.69. The largest absolute Gasteiger partial charge is 0.453 e. The van der Waals surface area contributed by atoms with E-state index in [0.29, 0.717) is 12.0 Å². The number of furan rings is 1. The van der Waals surface area contributed by atoms with Crippen molar-refractivity contribution < 1.29 is 9.21 Å². The van der Waals surface area contributed by atoms with Crippen molar-refractivity contribution in [3.8, 4) is 11.3 Å². The van der Waals surface area contributed by atoms with Crippen LogP contribution in [0, 0.1) is 6.92 Å². The summed E-state index contributed by atoms with van der Waals surface area (Å²) in [4.78, 5) is 10.6. The summed E-state index contributed by atoms with van der Waals surface area (Å²) in [5.74, 6) is 1.08. The first-order valence-corrected chi connectivity index (χ1v) is 5.80. The number of fused-ring (bicyclic) bond motifs is 1. The van der Waals surface area contributed by atoms with Gasteiger partial charge in [-0.1, -0.05) is 12.1 Å². The number of benzene rings is 1. The molecule has 0 saturated carbocycles. The van der Waals surface area contributed by atoms with Crippen molar-refractivity contribution >= 4 is 17.2 Å². The predicted molar refractivity (Wildman–Crippen MR) is 70.7 cm³/mol. The Morgan fingerprint density at radius 3 is 2.78 bits per heavy atom. The molecule has 3 heteroatoms. The van der Waals surface area contributed by atoms with E-state index in [1.165, 1.54) is 10.9 Å². The molecule has 0 aliphatic carbocycles. The minimum atomic E-state index is 0.355. The van der Waals surface area contributed by atoms with E-state index in [0.717, 1.165) is 16.8 Å². The van der Waals surface area contributed by atoms with Crippen LogP contribution >= 0.6 is 0 Å². The molecule has 18 heavy (non-hydrogen) atoms. The molecule has 3 nitrogen and oxygen atoms in total. The molecule has 0 radical (unpaired) electrons. The smallest absolute Gasteiger partial charge is 0.185 e. The molecule has 0 saturated heterocycles. The molecular weight excluding hydrogens is 226 g/mol. The standard InChI is InChI=1S/C15H13NO2/c1-10-8-16(2)14-7-11(3-5-13(10)14)15-6-4-12(9-17)18-15/h3-9H,1-2H3. The van der Waals surface area contributed by atoms with Crippen LogP contribution < -0.4 is 0 Å². The number of rotatable bonds is 2. The number of hydrogen-bond donors (Lipinski definition) is 0. The van der Waals surface area contributed by atoms with Crippen LogP contribution in [-0.2, 0) is 7.05 Å². The third-order valence-electron chi connectivity index (χ3n) is 3.22. The van der Waals surface area contributed by atoms with Crippen LogP contribution in [0.4, 0.5) is 0 Å². The summed E-state index contributed by atoms with van der Waals surface area (Å²) in [7, 11) is 2.03. The van der Waals surface area contributed by atoms with Crippen LogP contribution in [-0.4, -0.2) is 10.9 Å². The predicted octanol–water partition coefficient (Wildman–Crippen LogP) is 3.56. The second-order valence-electron chi connectivity index (χ2n) is 4.47. The number of aromatic nitrogens is 1. The van der Waals surface area contributed by atoms with Crippen molar-refractivity contribution in [1.82, 2.24) is 4.57 Å². The van der Waals surface area contributed by atoms with Gasteiger partial charge in [0, 0.05) is 29.7 Å². The minimum absolute atomic E-state index is 0.355. The molecule has 0 unspecified atom stereocenters. The Hall–Kier alpha value is -2.29. The van der Waals surface area contributed by atoms with Gasteiger partial charge in [0.15, 0.2) is 12.0 Å². The lowest BCUT2D eigenvalue weighted by molar-refractivity contribution is 0.110. The van der Waals surface area contributed by atoms with E-state index in [2.05, 4.69) is 29.8 Å². The van der Waals surface area contributed by atoms with Crippen molar-refractivity contribution in [3.63, 3.8) is 0 Å². The Morgan fingerprint density at radius 2 is 2.06 bits per heavy atom. The van der Waals surface area contributed by atoms with Crippen molar-refractivity contribution in [1.29, 1.82) is 0 Å². The minimum Gasteiger partial charge on any atom is -0.453 e. The quantitative estimate of drug-likeness (QED) is 0.641. The Morgan fingerprint density at radius 1 is 1.22 bits per heavy atom. The molecular formula is C15H13NO2. The third-order valence-corrected chi connectivity index (χ3v) is 3.22. The molecule has 2 heterocycles. The first kappa shape index (κ1) is 10.8. The van der Waals surface area contributed by atoms with Crippen LogP contribution in [0.5, 0.6) is 0 Å². The van der Waals surface area contributed by atoms with E-state index >= 15 is 0 Å². The summed E-state index contributed by atoms with van der Waals surface area (Å²) >= 11 is 0. The topological polar surface area (TPSA) is 35.1 Å². The van der Waals surface area contributed by atoms with Gasteiger partial charge in [-0.05, 0) is 30.7 Å². The van der Waals surface area contributed by atoms with E-state index in [-0.39, 0.29) is 0 Å². The summed E-state index contributed by atoms with van der Waals surface area (Å²) < 4.78 is 7.53. The van der Waals surface area contributed by atoms with Crippen molar-refractivity contribution in [2.75, 3.05) is 0 Å². The maximum atomic E-state index is 10.6. The lowest BCUT2D eigenvalue weighted by atomic mass is 10.1. The number of hydrogen-bond acceptors (Lipinski definition) is 2. The number of aldehydes is 1. The van der Waals surface area contributed by atoms with Crippen molar-refractivity contribution in [2.45, 2.75) is 6.92 Å². The van der Waals surface area contributed by atoms with E-state index in [4.69, 9.17) is 4.42 Å². The lowest BCUT2D eigenvalue weighted by Gasteiger charge is -2.00. The Kier molecular flexibility index (Phi) is 2.33. The molecule has 3 rings (SSSR count). The summed E-state index contributed by atoms with van der Waals surface area (Å²) in [5.41, 5.74) is 3.40. The zero-order valence-electron chi connectivity index (χ0n) is 10.3. The highest BCUT2D eigenvalue weighted by Gasteiger charge is 2.08. The summed E-state index contributed by atoms with van der Waals surface area (Å²) in [5, 5.41) is 1.24. The molecule has 0 atom stereocenters. The summed E-state index contributed by atoms with van der Waals surface area (Å²) in [6.45, 7) is 2.10. The van der Waals surface area contributed by atoms with Crippen molar-refractivity contribution in [2.24, 2.45) is 7.05 Å². The normalized spacial score (nSPS) is 11.0. The van der Waals surface area contributed by atoms with Gasteiger partial charge in [-0.3, -0.25) is 4.79 Å². The van der Waals surface area contributed by atoms with Crippen LogP contribution in [0.25, 0.3) is 22.2 Å². The molecule has 0 aliphatic rings. The SMILES string of the molecule is Cc1cn(C)c2cc(-c3ccc(C=O)o3)ccc12. The van der Waals surface area contributed by atoms with Gasteiger partial charge in [0.1, 0.15) is 5.76 Å². The van der Waals surface area contributed by atoms with Crippen LogP contribution in [0.3, 0.4) is 0 Å². The van der Waals surface area contributed by atoms with Gasteiger partial charge in [-0.15, -0.1) is 0 Å². The average Bonchev–Trinajstić information content (AvgIpc) is 2.95. The molecule has 0 aliphatic heterocycles. The average molecular weight is 239 g/mol. The maximum absolute atomic E-state index is 10.6. The number of aryl methyl sites for hydroxylation is 2. The van der Waals surface area contributed by atoms with Gasteiger partial charge in [-0.25, -0.2) is 0 Å². The first-order valence-electron chi connectivity index (χ1n) is 5.80. The van der Waals surface area contributed by atoms with Gasteiger partial charge in [0.25, 0.3) is 0 Å². The third kappa shape index (κ3) is 1.56. The molecule has 0 amide bonds. The zero-order chi connectivity index (χ0) is 12.7.